The lowest BCUT2D eigenvalue weighted by atomic mass is 10.1. The van der Waals surface area contributed by atoms with E-state index in [2.05, 4.69) is 15.5 Å². The second kappa shape index (κ2) is 9.35. The highest BCUT2D eigenvalue weighted by Gasteiger charge is 2.44. The predicted octanol–water partition coefficient (Wildman–Crippen LogP) is 3.03. The number of methoxy groups -OCH3 is 1. The monoisotopic (exact) mass is 489 g/mol. The summed E-state index contributed by atoms with van der Waals surface area (Å²) >= 11 is 0. The number of hydrogen-bond acceptors (Lipinski definition) is 8. The number of halogens is 6. The van der Waals surface area contributed by atoms with E-state index in [1.54, 1.807) is 0 Å². The summed E-state index contributed by atoms with van der Waals surface area (Å²) < 4.78 is 92.5. The zero-order chi connectivity index (χ0) is 25.3. The normalized spacial score (nSPS) is 21.0. The fourth-order valence-electron chi connectivity index (χ4n) is 3.03. The Morgan fingerprint density at radius 3 is 2.56 bits per heavy atom. The van der Waals surface area contributed by atoms with E-state index in [0.29, 0.717) is 13.3 Å². The number of hydrazone groups is 1. The lowest BCUT2D eigenvalue weighted by Gasteiger charge is -2.34. The van der Waals surface area contributed by atoms with Crippen LogP contribution in [0.25, 0.3) is 0 Å². The van der Waals surface area contributed by atoms with Crippen molar-refractivity contribution in [2.24, 2.45) is 10.1 Å². The van der Waals surface area contributed by atoms with Crippen molar-refractivity contribution in [3.8, 4) is 11.8 Å². The Labute approximate surface area is 189 Å². The van der Waals surface area contributed by atoms with Gasteiger partial charge in [0.1, 0.15) is 11.8 Å². The van der Waals surface area contributed by atoms with Crippen molar-refractivity contribution in [1.29, 1.82) is 5.26 Å². The van der Waals surface area contributed by atoms with Gasteiger partial charge in [0.2, 0.25) is 0 Å². The average molecular weight is 489 g/mol. The Bertz CT molecular complexity index is 1120. The second-order valence-electron chi connectivity index (χ2n) is 7.18. The first-order valence-corrected chi connectivity index (χ1v) is 9.47. The van der Waals surface area contributed by atoms with Crippen LogP contribution in [0, 0.1) is 17.1 Å². The van der Waals surface area contributed by atoms with Crippen molar-refractivity contribution in [3.63, 3.8) is 0 Å². The number of nitriles is 1. The van der Waals surface area contributed by atoms with Crippen molar-refractivity contribution in [1.82, 2.24) is 10.3 Å². The van der Waals surface area contributed by atoms with Crippen molar-refractivity contribution < 1.29 is 40.9 Å². The van der Waals surface area contributed by atoms with Crippen LogP contribution >= 0.6 is 0 Å². The van der Waals surface area contributed by atoms with E-state index in [-0.39, 0.29) is 5.57 Å². The highest BCUT2D eigenvalue weighted by atomic mass is 19.4. The van der Waals surface area contributed by atoms with Crippen molar-refractivity contribution in [2.75, 3.05) is 13.7 Å². The number of hydrogen-bond donors (Lipinski definition) is 2. The van der Waals surface area contributed by atoms with Gasteiger partial charge in [0.25, 0.3) is 5.92 Å². The summed E-state index contributed by atoms with van der Waals surface area (Å²) in [5.41, 5.74) is -0.382. The molecule has 34 heavy (non-hydrogen) atoms. The number of alkyl halides is 5. The van der Waals surface area contributed by atoms with Gasteiger partial charge in [-0.05, 0) is 18.2 Å². The molecular formula is C20H17F6N5O3. The third-order valence-corrected chi connectivity index (χ3v) is 4.70. The molecule has 2 unspecified atom stereocenters. The van der Waals surface area contributed by atoms with Crippen LogP contribution in [0.3, 0.4) is 0 Å². The summed E-state index contributed by atoms with van der Waals surface area (Å²) in [4.78, 5) is 4.12. The zero-order valence-electron chi connectivity index (χ0n) is 17.6. The summed E-state index contributed by atoms with van der Waals surface area (Å²) in [5, 5.41) is 23.1. The van der Waals surface area contributed by atoms with Gasteiger partial charge < -0.3 is 19.5 Å². The number of ether oxygens (including phenoxy) is 2. The molecule has 2 aliphatic rings. The lowest BCUT2D eigenvalue weighted by molar-refractivity contribution is -0.0996. The summed E-state index contributed by atoms with van der Waals surface area (Å²) in [6.07, 6.45) is -6.65. The number of aliphatic imine (C=N–C) groups is 1. The molecule has 1 aromatic rings. The summed E-state index contributed by atoms with van der Waals surface area (Å²) in [6.45, 7) is 0.157. The molecule has 0 amide bonds. The van der Waals surface area contributed by atoms with Crippen LogP contribution in [-0.4, -0.2) is 60.3 Å². The van der Waals surface area contributed by atoms with Gasteiger partial charge in [0.05, 0.1) is 11.9 Å². The molecule has 0 aliphatic carbocycles. The molecule has 0 aromatic heterocycles. The average Bonchev–Trinajstić information content (AvgIpc) is 2.76. The van der Waals surface area contributed by atoms with Gasteiger partial charge in [-0.1, -0.05) is 6.07 Å². The Morgan fingerprint density at radius 1 is 1.26 bits per heavy atom. The molecule has 2 heterocycles. The van der Waals surface area contributed by atoms with Gasteiger partial charge >= 0.3 is 6.18 Å². The minimum atomic E-state index is -5.09. The van der Waals surface area contributed by atoms with E-state index >= 15 is 0 Å². The molecule has 3 rings (SSSR count). The molecule has 2 atom stereocenters. The minimum absolute atomic E-state index is 0.0759. The first-order valence-electron chi connectivity index (χ1n) is 9.47. The standard InChI is InChI=1S/C20H17F6N5O3/c1-19(22,23)13-6-11(17(33-2)30-29-13)8-31-9-28-16(20(24,25)26)15(18(31)32)34-12-5-3-4-10(7-27)14(12)21/h3-6,9,17-18,30,32H,8H2,1-2H3. The Balaban J connectivity index is 1.96. The molecule has 0 bridgehead atoms. The molecule has 0 spiro atoms. The Morgan fingerprint density at radius 2 is 1.97 bits per heavy atom. The van der Waals surface area contributed by atoms with Crippen LogP contribution < -0.4 is 10.2 Å². The molecular weight excluding hydrogens is 472 g/mol. The molecule has 0 radical (unpaired) electrons. The molecule has 0 fully saturated rings. The lowest BCUT2D eigenvalue weighted by Crippen LogP contribution is -2.46. The highest BCUT2D eigenvalue weighted by molar-refractivity contribution is 6.01. The van der Waals surface area contributed by atoms with Crippen LogP contribution in [0.1, 0.15) is 12.5 Å². The van der Waals surface area contributed by atoms with Gasteiger partial charge in [0.15, 0.2) is 35.5 Å². The van der Waals surface area contributed by atoms with E-state index in [4.69, 9.17) is 14.7 Å². The molecule has 0 saturated heterocycles. The Kier molecular flexibility index (Phi) is 6.89. The van der Waals surface area contributed by atoms with Gasteiger partial charge in [-0.2, -0.15) is 32.3 Å². The molecule has 182 valence electrons. The number of rotatable bonds is 6. The maximum atomic E-state index is 14.4. The number of aliphatic hydroxyl groups is 1. The van der Waals surface area contributed by atoms with Crippen LogP contribution in [0.2, 0.25) is 0 Å². The molecule has 14 heteroatoms. The van der Waals surface area contributed by atoms with E-state index in [9.17, 15) is 31.4 Å². The van der Waals surface area contributed by atoms with Crippen LogP contribution in [-0.2, 0) is 4.74 Å². The van der Waals surface area contributed by atoms with E-state index in [0.717, 1.165) is 23.1 Å². The summed E-state index contributed by atoms with van der Waals surface area (Å²) in [5.74, 6) is -6.50. The van der Waals surface area contributed by atoms with Crippen molar-refractivity contribution in [2.45, 2.75) is 31.5 Å². The summed E-state index contributed by atoms with van der Waals surface area (Å²) in [7, 11) is 1.23. The van der Waals surface area contributed by atoms with Crippen molar-refractivity contribution in [3.05, 3.63) is 52.7 Å². The SMILES string of the molecule is COC1NN=C(C(C)(F)F)C=C1CN1C=NC(C(F)(F)F)=C(Oc2cccc(C#N)c2F)C1O. The fourth-order valence-corrected chi connectivity index (χ4v) is 3.03. The molecule has 2 aliphatic heterocycles. The van der Waals surface area contributed by atoms with Crippen LogP contribution in [0.15, 0.2) is 51.4 Å². The first-order chi connectivity index (χ1) is 15.9. The van der Waals surface area contributed by atoms with Gasteiger partial charge in [-0.25, -0.2) is 9.38 Å². The third-order valence-electron chi connectivity index (χ3n) is 4.70. The largest absolute Gasteiger partial charge is 0.451 e. The number of nitrogens with one attached hydrogen (secondary N) is 1. The van der Waals surface area contributed by atoms with Crippen LogP contribution in [0.5, 0.6) is 5.75 Å². The quantitative estimate of drug-likeness (QED) is 0.596. The van der Waals surface area contributed by atoms with Gasteiger partial charge in [0, 0.05) is 26.2 Å². The van der Waals surface area contributed by atoms with Gasteiger partial charge in [-0.3, -0.25) is 5.43 Å². The third kappa shape index (κ3) is 5.15. The van der Waals surface area contributed by atoms with E-state index in [1.807, 2.05) is 0 Å². The van der Waals surface area contributed by atoms with E-state index in [1.165, 1.54) is 19.2 Å². The van der Waals surface area contributed by atoms with Crippen LogP contribution in [0.4, 0.5) is 26.3 Å². The van der Waals surface area contributed by atoms with Crippen molar-refractivity contribution >= 4 is 12.1 Å². The van der Waals surface area contributed by atoms with Gasteiger partial charge in [-0.15, -0.1) is 0 Å². The number of allylic oxidation sites excluding steroid dienone is 2. The smallest absolute Gasteiger partial charge is 0.436 e. The maximum absolute atomic E-state index is 14.4. The highest BCUT2D eigenvalue weighted by Crippen LogP contribution is 2.35. The van der Waals surface area contributed by atoms with E-state index < -0.39 is 65.4 Å². The maximum Gasteiger partial charge on any atom is 0.436 e. The Hall–Kier alpha value is -3.57. The topological polar surface area (TPSA) is 102 Å². The summed E-state index contributed by atoms with van der Waals surface area (Å²) in [6, 6.07) is 4.74. The number of benzene rings is 1. The molecule has 1 aromatic carbocycles. The fraction of sp³-hybridized carbons (Fsp3) is 0.350. The molecule has 0 saturated carbocycles. The number of aliphatic hydroxyl groups excluding tert-OH is 1. The number of nitrogens with zero attached hydrogens (tertiary/aromatic N) is 4. The zero-order valence-corrected chi connectivity index (χ0v) is 17.6. The minimum Gasteiger partial charge on any atom is -0.451 e. The molecule has 8 nitrogen and oxygen atoms in total. The first kappa shape index (κ1) is 25.1. The second-order valence-corrected chi connectivity index (χ2v) is 7.18. The predicted molar refractivity (Wildman–Crippen MR) is 106 cm³/mol. The molecule has 2 N–H and O–H groups in total.